The highest BCUT2D eigenvalue weighted by molar-refractivity contribution is 5.99. The van der Waals surface area contributed by atoms with E-state index in [1.807, 2.05) is 72.8 Å². The molecule has 0 aliphatic carbocycles. The minimum absolute atomic E-state index is 0.101. The molecule has 0 saturated heterocycles. The predicted octanol–water partition coefficient (Wildman–Crippen LogP) is 4.59. The summed E-state index contributed by atoms with van der Waals surface area (Å²) < 4.78 is 16.5. The summed E-state index contributed by atoms with van der Waals surface area (Å²) in [5.74, 6) is 1.62. The van der Waals surface area contributed by atoms with Crippen LogP contribution in [0.3, 0.4) is 0 Å². The molecule has 0 spiro atoms. The van der Waals surface area contributed by atoms with Gasteiger partial charge in [0.15, 0.2) is 0 Å². The first-order valence-corrected chi connectivity index (χ1v) is 9.14. The Bertz CT molecular complexity index is 923. The molecule has 0 aromatic heterocycles. The van der Waals surface area contributed by atoms with Crippen LogP contribution in [0.15, 0.2) is 72.8 Å². The molecule has 0 fully saturated rings. The van der Waals surface area contributed by atoms with Gasteiger partial charge in [0, 0.05) is 23.9 Å². The maximum Gasteiger partial charge on any atom is 0.236 e. The molecule has 0 unspecified atom stereocenters. The lowest BCUT2D eigenvalue weighted by Crippen LogP contribution is -2.25. The summed E-state index contributed by atoms with van der Waals surface area (Å²) in [5.41, 5.74) is 2.43. The number of methoxy groups -OCH3 is 1. The third-order valence-electron chi connectivity index (χ3n) is 4.62. The number of benzene rings is 3. The molecule has 1 amide bonds. The zero-order chi connectivity index (χ0) is 19.3. The van der Waals surface area contributed by atoms with Gasteiger partial charge in [0.1, 0.15) is 23.9 Å². The molecule has 4 rings (SSSR count). The normalized spacial score (nSPS) is 12.5. The van der Waals surface area contributed by atoms with E-state index in [0.29, 0.717) is 30.4 Å². The predicted molar refractivity (Wildman–Crippen MR) is 107 cm³/mol. The number of nitrogens with one attached hydrogen (secondary N) is 1. The molecule has 5 heteroatoms. The summed E-state index contributed by atoms with van der Waals surface area (Å²) in [4.78, 5) is 13.2. The van der Waals surface area contributed by atoms with E-state index in [2.05, 4.69) is 5.32 Å². The highest BCUT2D eigenvalue weighted by Crippen LogP contribution is 2.44. The Morgan fingerprint density at radius 2 is 1.50 bits per heavy atom. The van der Waals surface area contributed by atoms with Crippen molar-refractivity contribution in [3.05, 3.63) is 83.9 Å². The highest BCUT2D eigenvalue weighted by Gasteiger charge is 2.32. The van der Waals surface area contributed by atoms with Crippen LogP contribution < -0.4 is 14.8 Å². The number of hydrogen-bond donors (Lipinski definition) is 1. The van der Waals surface area contributed by atoms with Gasteiger partial charge >= 0.3 is 0 Å². The fraction of sp³-hybridized carbons (Fsp3) is 0.174. The average Bonchev–Trinajstić information content (AvgIpc) is 2.73. The Balaban J connectivity index is 1.55. The second-order valence-corrected chi connectivity index (χ2v) is 6.47. The van der Waals surface area contributed by atoms with Gasteiger partial charge in [-0.3, -0.25) is 4.79 Å². The second kappa shape index (κ2) is 8.15. The van der Waals surface area contributed by atoms with Crippen molar-refractivity contribution < 1.29 is 19.0 Å². The van der Waals surface area contributed by atoms with Crippen LogP contribution in [0.5, 0.6) is 17.2 Å². The molecule has 0 saturated carbocycles. The van der Waals surface area contributed by atoms with Crippen molar-refractivity contribution >= 4 is 11.6 Å². The monoisotopic (exact) mass is 375 g/mol. The van der Waals surface area contributed by atoms with E-state index < -0.39 is 5.92 Å². The molecule has 0 radical (unpaired) electrons. The maximum atomic E-state index is 13.2. The van der Waals surface area contributed by atoms with E-state index in [4.69, 9.17) is 14.2 Å². The molecule has 3 aromatic carbocycles. The van der Waals surface area contributed by atoms with Gasteiger partial charge in [0.25, 0.3) is 0 Å². The molecule has 1 N–H and O–H groups in total. The van der Waals surface area contributed by atoms with E-state index >= 15 is 0 Å². The van der Waals surface area contributed by atoms with Crippen LogP contribution in [-0.2, 0) is 9.53 Å². The Labute approximate surface area is 163 Å². The Morgan fingerprint density at radius 3 is 2.11 bits per heavy atom. The number of fused-ring (bicyclic) bond motifs is 2. The van der Waals surface area contributed by atoms with Gasteiger partial charge in [-0.2, -0.15) is 0 Å². The third-order valence-corrected chi connectivity index (χ3v) is 4.62. The molecule has 142 valence electrons. The molecule has 1 aliphatic heterocycles. The van der Waals surface area contributed by atoms with Crippen LogP contribution >= 0.6 is 0 Å². The number of rotatable bonds is 6. The van der Waals surface area contributed by atoms with Crippen molar-refractivity contribution in [2.75, 3.05) is 25.6 Å². The standard InChI is InChI=1S/C23H21NO4/c1-26-14-15-27-17-12-10-16(11-13-17)24-23(25)22-18-6-2-4-8-20(18)28-21-9-5-3-7-19(21)22/h2-13,22H,14-15H2,1H3,(H,24,25). The number of para-hydroxylation sites is 2. The summed E-state index contributed by atoms with van der Waals surface area (Å²) in [6.07, 6.45) is 0. The van der Waals surface area contributed by atoms with Crippen LogP contribution in [-0.4, -0.2) is 26.2 Å². The van der Waals surface area contributed by atoms with Gasteiger partial charge in [-0.15, -0.1) is 0 Å². The molecular weight excluding hydrogens is 354 g/mol. The fourth-order valence-electron chi connectivity index (χ4n) is 3.28. The summed E-state index contributed by atoms with van der Waals surface area (Å²) in [7, 11) is 1.63. The summed E-state index contributed by atoms with van der Waals surface area (Å²) >= 11 is 0. The van der Waals surface area contributed by atoms with Crippen molar-refractivity contribution in [3.63, 3.8) is 0 Å². The number of hydrogen-bond acceptors (Lipinski definition) is 4. The topological polar surface area (TPSA) is 56.8 Å². The van der Waals surface area contributed by atoms with E-state index in [0.717, 1.165) is 16.9 Å². The van der Waals surface area contributed by atoms with Crippen molar-refractivity contribution in [1.29, 1.82) is 0 Å². The number of anilines is 1. The minimum atomic E-state index is -0.432. The minimum Gasteiger partial charge on any atom is -0.491 e. The van der Waals surface area contributed by atoms with E-state index in [1.54, 1.807) is 7.11 Å². The second-order valence-electron chi connectivity index (χ2n) is 6.47. The lowest BCUT2D eigenvalue weighted by Gasteiger charge is -2.27. The third kappa shape index (κ3) is 3.70. The summed E-state index contributed by atoms with van der Waals surface area (Å²) in [6.45, 7) is 1.01. The van der Waals surface area contributed by atoms with Gasteiger partial charge in [-0.1, -0.05) is 36.4 Å². The summed E-state index contributed by atoms with van der Waals surface area (Å²) in [6, 6.07) is 22.6. The van der Waals surface area contributed by atoms with Crippen molar-refractivity contribution in [3.8, 4) is 17.2 Å². The Kier molecular flexibility index (Phi) is 5.26. The van der Waals surface area contributed by atoms with Crippen molar-refractivity contribution in [2.24, 2.45) is 0 Å². The first-order valence-electron chi connectivity index (χ1n) is 9.14. The van der Waals surface area contributed by atoms with Crippen LogP contribution in [0, 0.1) is 0 Å². The molecule has 0 atom stereocenters. The number of ether oxygens (including phenoxy) is 3. The van der Waals surface area contributed by atoms with Crippen molar-refractivity contribution in [1.82, 2.24) is 0 Å². The molecule has 28 heavy (non-hydrogen) atoms. The summed E-state index contributed by atoms with van der Waals surface area (Å²) in [5, 5.41) is 3.01. The molecule has 1 heterocycles. The smallest absolute Gasteiger partial charge is 0.236 e. The zero-order valence-corrected chi connectivity index (χ0v) is 15.6. The average molecular weight is 375 g/mol. The SMILES string of the molecule is COCCOc1ccc(NC(=O)C2c3ccccc3Oc3ccccc32)cc1. The molecular formula is C23H21NO4. The van der Waals surface area contributed by atoms with Gasteiger partial charge < -0.3 is 19.5 Å². The number of amides is 1. The van der Waals surface area contributed by atoms with Crippen LogP contribution in [0.4, 0.5) is 5.69 Å². The fourth-order valence-corrected chi connectivity index (χ4v) is 3.28. The van der Waals surface area contributed by atoms with Crippen molar-refractivity contribution in [2.45, 2.75) is 5.92 Å². The zero-order valence-electron chi connectivity index (χ0n) is 15.6. The first kappa shape index (κ1) is 18.1. The Morgan fingerprint density at radius 1 is 0.893 bits per heavy atom. The highest BCUT2D eigenvalue weighted by atomic mass is 16.5. The van der Waals surface area contributed by atoms with Crippen LogP contribution in [0.1, 0.15) is 17.0 Å². The van der Waals surface area contributed by atoms with Crippen LogP contribution in [0.2, 0.25) is 0 Å². The quantitative estimate of drug-likeness (QED) is 0.641. The molecule has 0 bridgehead atoms. The van der Waals surface area contributed by atoms with Gasteiger partial charge in [0.2, 0.25) is 5.91 Å². The van der Waals surface area contributed by atoms with E-state index in [-0.39, 0.29) is 5.91 Å². The van der Waals surface area contributed by atoms with E-state index in [9.17, 15) is 4.79 Å². The Hall–Kier alpha value is -3.31. The van der Waals surface area contributed by atoms with Gasteiger partial charge in [0.05, 0.1) is 12.5 Å². The lowest BCUT2D eigenvalue weighted by atomic mass is 9.87. The molecule has 3 aromatic rings. The number of carbonyl (C=O) groups excluding carboxylic acids is 1. The van der Waals surface area contributed by atoms with Gasteiger partial charge in [-0.25, -0.2) is 0 Å². The van der Waals surface area contributed by atoms with Crippen LogP contribution in [0.25, 0.3) is 0 Å². The molecule has 5 nitrogen and oxygen atoms in total. The first-order chi connectivity index (χ1) is 13.8. The van der Waals surface area contributed by atoms with Gasteiger partial charge in [-0.05, 0) is 36.4 Å². The molecule has 1 aliphatic rings. The largest absolute Gasteiger partial charge is 0.491 e. The lowest BCUT2D eigenvalue weighted by molar-refractivity contribution is -0.116. The maximum absolute atomic E-state index is 13.2. The van der Waals surface area contributed by atoms with E-state index in [1.165, 1.54) is 0 Å². The number of carbonyl (C=O) groups is 1.